The predicted molar refractivity (Wildman–Crippen MR) is 229 cm³/mol. The van der Waals surface area contributed by atoms with Crippen LogP contribution in [0, 0.1) is 11.8 Å². The second-order valence-electron chi connectivity index (χ2n) is 18.4. The fourth-order valence-corrected chi connectivity index (χ4v) is 10.9. The van der Waals surface area contributed by atoms with Crippen molar-refractivity contribution in [2.24, 2.45) is 11.8 Å². The van der Waals surface area contributed by atoms with Crippen molar-refractivity contribution < 1.29 is 14.3 Å². The molecule has 4 fully saturated rings. The first-order valence-electron chi connectivity index (χ1n) is 21.1. The Morgan fingerprint density at radius 2 is 1.84 bits per heavy atom. The van der Waals surface area contributed by atoms with Crippen LogP contribution < -0.4 is 16.2 Å². The number of hydrogen-bond donors (Lipinski definition) is 4. The fourth-order valence-electron chi connectivity index (χ4n) is 9.58. The summed E-state index contributed by atoms with van der Waals surface area (Å²) in [5, 5.41) is 17.8. The highest BCUT2D eigenvalue weighted by Gasteiger charge is 2.48. The molecule has 4 aliphatic rings. The number of nitrogens with zero attached hydrogens (tertiary/aromatic N) is 2. The first-order valence-corrected chi connectivity index (χ1v) is 24.0. The summed E-state index contributed by atoms with van der Waals surface area (Å²) in [4.78, 5) is 35.3. The molecule has 5 heterocycles. The molecule has 9 nitrogen and oxygen atoms in total. The number of hydrogen-bond acceptors (Lipinski definition) is 7. The number of rotatable bonds is 14. The van der Waals surface area contributed by atoms with Crippen molar-refractivity contribution in [1.29, 1.82) is 0 Å². The molecular formula is C46H63N5O4Si. The lowest BCUT2D eigenvalue weighted by molar-refractivity contribution is -0.116. The number of anilines is 1. The molecule has 0 spiro atoms. The number of aryl methyl sites for hydroxylation is 1. The van der Waals surface area contributed by atoms with E-state index in [-0.39, 0.29) is 28.4 Å². The number of carbonyl (C=O) groups excluding carboxylic acids is 1. The van der Waals surface area contributed by atoms with Gasteiger partial charge in [0.1, 0.15) is 5.75 Å². The zero-order valence-corrected chi connectivity index (χ0v) is 35.3. The second-order valence-corrected chi connectivity index (χ2v) is 23.1. The predicted octanol–water partition coefficient (Wildman–Crippen LogP) is 8.99. The smallest absolute Gasteiger partial charge is 0.248 e. The summed E-state index contributed by atoms with van der Waals surface area (Å²) in [5.74, 6) is 1.69. The van der Waals surface area contributed by atoms with Gasteiger partial charge in [-0.1, -0.05) is 70.4 Å². The number of aromatic amines is 1. The van der Waals surface area contributed by atoms with Crippen LogP contribution in [0.25, 0.3) is 10.9 Å². The molecule has 56 heavy (non-hydrogen) atoms. The SMILES string of the molecule is CC(C)(C)[Si](C)(C)O[C@@H](CNCc1ccc(NC(=O)CCCc2cccc(C3([C@@H]4CN5CCC4CC5)CCCCC3)c2)cn1)c1ccc(O)c2[nH]c(=O)ccc12. The quantitative estimate of drug-likeness (QED) is 0.0945. The Kier molecular flexibility index (Phi) is 12.2. The van der Waals surface area contributed by atoms with Crippen LogP contribution in [0.3, 0.4) is 0 Å². The van der Waals surface area contributed by atoms with Crippen molar-refractivity contribution in [3.8, 4) is 5.75 Å². The molecule has 2 bridgehead atoms. The third kappa shape index (κ3) is 8.99. The molecule has 2 aromatic carbocycles. The van der Waals surface area contributed by atoms with Crippen molar-refractivity contribution >= 4 is 30.8 Å². The molecule has 8 rings (SSSR count). The van der Waals surface area contributed by atoms with Crippen molar-refractivity contribution in [1.82, 2.24) is 20.2 Å². The Morgan fingerprint density at radius 1 is 1.05 bits per heavy atom. The van der Waals surface area contributed by atoms with E-state index in [0.29, 0.717) is 36.1 Å². The average molecular weight is 778 g/mol. The normalized spacial score (nSPS) is 21.6. The van der Waals surface area contributed by atoms with Crippen LogP contribution in [0.4, 0.5) is 5.69 Å². The number of amides is 1. The van der Waals surface area contributed by atoms with Gasteiger partial charge < -0.3 is 30.0 Å². The highest BCUT2D eigenvalue weighted by molar-refractivity contribution is 6.74. The van der Waals surface area contributed by atoms with Crippen LogP contribution in [0.2, 0.25) is 18.1 Å². The van der Waals surface area contributed by atoms with Gasteiger partial charge in [-0.3, -0.25) is 14.6 Å². The average Bonchev–Trinajstić information content (AvgIpc) is 3.19. The van der Waals surface area contributed by atoms with E-state index in [1.807, 2.05) is 18.2 Å². The first kappa shape index (κ1) is 40.4. The Morgan fingerprint density at radius 3 is 2.54 bits per heavy atom. The van der Waals surface area contributed by atoms with Crippen LogP contribution >= 0.6 is 0 Å². The fraction of sp³-hybridized carbons (Fsp3) is 0.543. The summed E-state index contributed by atoms with van der Waals surface area (Å²) >= 11 is 0. The molecule has 4 aromatic rings. The Bertz CT molecular complexity index is 2030. The van der Waals surface area contributed by atoms with E-state index < -0.39 is 8.32 Å². The summed E-state index contributed by atoms with van der Waals surface area (Å²) in [5.41, 5.74) is 5.82. The number of phenols is 1. The van der Waals surface area contributed by atoms with Gasteiger partial charge in [0.05, 0.1) is 29.2 Å². The standard InChI is InChI=1S/C46H63N5O4Si/c1-45(2,3)56(4,5)55-41(37-17-19-40(52)44-38(37)18-20-43(54)50-44)30-47-28-35-15-16-36(29-48-35)49-42(53)14-10-12-32-11-9-13-34(27-32)46(23-7-6-8-24-46)39-31-51-25-21-33(39)22-26-51/h9,11,13,15-20,27,29,33,39,41,47,52H,6-8,10,12,14,21-26,28,30-31H2,1-5H3,(H,49,53)(H,50,54)/t39-,41+/m1/s1. The van der Waals surface area contributed by atoms with E-state index in [9.17, 15) is 14.7 Å². The number of aromatic nitrogens is 2. The maximum atomic E-state index is 13.0. The van der Waals surface area contributed by atoms with E-state index in [1.165, 1.54) is 76.2 Å². The van der Waals surface area contributed by atoms with E-state index in [1.54, 1.807) is 23.9 Å². The van der Waals surface area contributed by atoms with Crippen LogP contribution in [0.5, 0.6) is 5.75 Å². The van der Waals surface area contributed by atoms with E-state index in [0.717, 1.165) is 41.3 Å². The molecule has 2 atom stereocenters. The number of nitrogens with one attached hydrogen (secondary N) is 3. The van der Waals surface area contributed by atoms with Gasteiger partial charge in [-0.05, 0) is 128 Å². The molecular weight excluding hydrogens is 715 g/mol. The molecule has 10 heteroatoms. The van der Waals surface area contributed by atoms with Crippen LogP contribution in [0.15, 0.2) is 71.7 Å². The first-order chi connectivity index (χ1) is 26.8. The maximum absolute atomic E-state index is 13.0. The number of pyridine rings is 2. The Balaban J connectivity index is 0.929. The van der Waals surface area contributed by atoms with Crippen LogP contribution in [-0.4, -0.2) is 60.4 Å². The number of carbonyl (C=O) groups is 1. The van der Waals surface area contributed by atoms with Gasteiger partial charge in [0.25, 0.3) is 0 Å². The van der Waals surface area contributed by atoms with E-state index >= 15 is 0 Å². The minimum atomic E-state index is -2.20. The highest BCUT2D eigenvalue weighted by atomic mass is 28.4. The third-order valence-electron chi connectivity index (χ3n) is 13.7. The third-order valence-corrected chi connectivity index (χ3v) is 18.2. The molecule has 3 aliphatic heterocycles. The molecule has 1 aliphatic carbocycles. The minimum absolute atomic E-state index is 0.0101. The number of H-pyrrole nitrogens is 1. The van der Waals surface area contributed by atoms with Crippen molar-refractivity contribution in [2.45, 2.75) is 121 Å². The number of fused-ring (bicyclic) bond motifs is 4. The lowest BCUT2D eigenvalue weighted by Gasteiger charge is -2.55. The molecule has 1 saturated carbocycles. The number of aromatic hydroxyl groups is 1. The maximum Gasteiger partial charge on any atom is 0.248 e. The molecule has 3 saturated heterocycles. The molecule has 0 unspecified atom stereocenters. The van der Waals surface area contributed by atoms with Crippen LogP contribution in [0.1, 0.15) is 107 Å². The van der Waals surface area contributed by atoms with Gasteiger partial charge in [0, 0.05) is 37.5 Å². The monoisotopic (exact) mass is 777 g/mol. The molecule has 300 valence electrons. The Hall–Kier alpha value is -3.83. The van der Waals surface area contributed by atoms with Gasteiger partial charge in [-0.25, -0.2) is 0 Å². The van der Waals surface area contributed by atoms with Crippen LogP contribution in [-0.2, 0) is 27.6 Å². The topological polar surface area (TPSA) is 120 Å². The van der Waals surface area contributed by atoms with Gasteiger partial charge in [0.2, 0.25) is 11.5 Å². The van der Waals surface area contributed by atoms with E-state index in [4.69, 9.17) is 4.43 Å². The summed E-state index contributed by atoms with van der Waals surface area (Å²) in [6.45, 7) is 16.0. The summed E-state index contributed by atoms with van der Waals surface area (Å²) in [6.07, 6.45) is 13.0. The summed E-state index contributed by atoms with van der Waals surface area (Å²) in [6, 6.07) is 20.0. The van der Waals surface area contributed by atoms with Gasteiger partial charge in [0.15, 0.2) is 8.32 Å². The number of piperidine rings is 3. The Labute approximate surface area is 334 Å². The highest BCUT2D eigenvalue weighted by Crippen LogP contribution is 2.52. The van der Waals surface area contributed by atoms with Crippen molar-refractivity contribution in [3.63, 3.8) is 0 Å². The van der Waals surface area contributed by atoms with Crippen molar-refractivity contribution in [2.75, 3.05) is 31.5 Å². The molecule has 0 radical (unpaired) electrons. The molecule has 2 aromatic heterocycles. The lowest BCUT2D eigenvalue weighted by atomic mass is 9.56. The van der Waals surface area contributed by atoms with Gasteiger partial charge in [-0.15, -0.1) is 0 Å². The minimum Gasteiger partial charge on any atom is -0.506 e. The summed E-state index contributed by atoms with van der Waals surface area (Å²) < 4.78 is 6.93. The van der Waals surface area contributed by atoms with Gasteiger partial charge in [-0.2, -0.15) is 0 Å². The van der Waals surface area contributed by atoms with Crippen molar-refractivity contribution in [3.05, 3.63) is 99.6 Å². The lowest BCUT2D eigenvalue weighted by Crippen LogP contribution is -2.55. The van der Waals surface area contributed by atoms with E-state index in [2.05, 4.69) is 83.6 Å². The largest absolute Gasteiger partial charge is 0.506 e. The zero-order valence-electron chi connectivity index (χ0n) is 34.3. The molecule has 4 N–H and O–H groups in total. The van der Waals surface area contributed by atoms with Gasteiger partial charge >= 0.3 is 0 Å². The molecule has 1 amide bonds. The second kappa shape index (κ2) is 16.9. The summed E-state index contributed by atoms with van der Waals surface area (Å²) in [7, 11) is -2.20. The number of benzene rings is 2. The zero-order chi connectivity index (χ0) is 39.5. The number of phenolic OH excluding ortho intramolecular Hbond substituents is 1.